The van der Waals surface area contributed by atoms with Gasteiger partial charge in [0, 0.05) is 19.1 Å². The summed E-state index contributed by atoms with van der Waals surface area (Å²) in [6, 6.07) is -0.542. The number of carbonyl (C=O) groups excluding carboxylic acids is 3. The van der Waals surface area contributed by atoms with Crippen molar-refractivity contribution < 1.29 is 19.1 Å². The van der Waals surface area contributed by atoms with E-state index in [1.807, 2.05) is 20.8 Å². The van der Waals surface area contributed by atoms with Gasteiger partial charge in [0.05, 0.1) is 19.6 Å². The number of hydrogen-bond donors (Lipinski definition) is 2. The van der Waals surface area contributed by atoms with Gasteiger partial charge in [-0.3, -0.25) is 14.4 Å². The number of amides is 2. The summed E-state index contributed by atoms with van der Waals surface area (Å²) in [5.74, 6) is -0.906. The Morgan fingerprint density at radius 2 is 2.18 bits per heavy atom. The van der Waals surface area contributed by atoms with Crippen LogP contribution in [0.15, 0.2) is 0 Å². The van der Waals surface area contributed by atoms with E-state index in [2.05, 4.69) is 10.6 Å². The topological polar surface area (TPSA) is 87.7 Å². The van der Waals surface area contributed by atoms with Gasteiger partial charge in [-0.15, -0.1) is 0 Å². The number of rotatable bonds is 8. The molecule has 0 bridgehead atoms. The third-order valence-corrected chi connectivity index (χ3v) is 3.69. The maximum Gasteiger partial charge on any atom is 0.308 e. The summed E-state index contributed by atoms with van der Waals surface area (Å²) in [5, 5.41) is 5.81. The van der Waals surface area contributed by atoms with Gasteiger partial charge < -0.3 is 20.3 Å². The molecule has 2 amide bonds. The molecule has 1 fully saturated rings. The van der Waals surface area contributed by atoms with E-state index in [0.29, 0.717) is 19.7 Å². The van der Waals surface area contributed by atoms with Crippen LogP contribution < -0.4 is 10.6 Å². The maximum absolute atomic E-state index is 12.3. The molecule has 1 aliphatic rings. The van der Waals surface area contributed by atoms with Gasteiger partial charge >= 0.3 is 5.97 Å². The highest BCUT2D eigenvalue weighted by Gasteiger charge is 2.34. The van der Waals surface area contributed by atoms with E-state index in [9.17, 15) is 14.4 Å². The second-order valence-electron chi connectivity index (χ2n) is 5.51. The summed E-state index contributed by atoms with van der Waals surface area (Å²) in [6.07, 6.45) is 1.55. The fraction of sp³-hybridized carbons (Fsp3) is 0.800. The van der Waals surface area contributed by atoms with Gasteiger partial charge in [-0.2, -0.15) is 0 Å². The summed E-state index contributed by atoms with van der Waals surface area (Å²) < 4.78 is 5.01. The van der Waals surface area contributed by atoms with E-state index in [-0.39, 0.29) is 30.8 Å². The van der Waals surface area contributed by atoms with Crippen molar-refractivity contribution in [3.63, 3.8) is 0 Å². The number of nitrogens with zero attached hydrogens (tertiary/aromatic N) is 1. The monoisotopic (exact) mass is 313 g/mol. The molecular formula is C15H27N3O4. The van der Waals surface area contributed by atoms with Gasteiger partial charge in [0.2, 0.25) is 11.8 Å². The molecule has 0 radical (unpaired) electrons. The molecule has 1 rings (SSSR count). The first-order valence-corrected chi connectivity index (χ1v) is 7.95. The number of hydrogen-bond acceptors (Lipinski definition) is 5. The lowest BCUT2D eigenvalue weighted by Crippen LogP contribution is -2.59. The zero-order valence-corrected chi connectivity index (χ0v) is 13.7. The zero-order chi connectivity index (χ0) is 16.5. The molecule has 7 nitrogen and oxygen atoms in total. The summed E-state index contributed by atoms with van der Waals surface area (Å²) in [6.45, 7) is 7.25. The van der Waals surface area contributed by atoms with Crippen LogP contribution in [0, 0.1) is 0 Å². The molecule has 2 atom stereocenters. The van der Waals surface area contributed by atoms with Crippen molar-refractivity contribution in [2.45, 2.75) is 52.1 Å². The van der Waals surface area contributed by atoms with Crippen LogP contribution in [0.4, 0.5) is 0 Å². The zero-order valence-electron chi connectivity index (χ0n) is 13.7. The van der Waals surface area contributed by atoms with E-state index in [1.165, 1.54) is 4.90 Å². The molecule has 1 saturated heterocycles. The Labute approximate surface area is 131 Å². The molecule has 1 aliphatic heterocycles. The van der Waals surface area contributed by atoms with Gasteiger partial charge in [-0.05, 0) is 19.8 Å². The van der Waals surface area contributed by atoms with Gasteiger partial charge in [0.1, 0.15) is 6.04 Å². The van der Waals surface area contributed by atoms with Crippen LogP contribution in [0.1, 0.15) is 40.0 Å². The van der Waals surface area contributed by atoms with Crippen molar-refractivity contribution in [2.75, 3.05) is 26.2 Å². The SMILES string of the molecule is CCCOC(=O)CC1C(=O)NCCN1C(=O)CNC(C)CC. The molecule has 0 aromatic carbocycles. The van der Waals surface area contributed by atoms with Crippen molar-refractivity contribution in [2.24, 2.45) is 0 Å². The summed E-state index contributed by atoms with van der Waals surface area (Å²) >= 11 is 0. The lowest BCUT2D eigenvalue weighted by atomic mass is 10.1. The first-order chi connectivity index (χ1) is 10.5. The molecule has 0 aromatic heterocycles. The average Bonchev–Trinajstić information content (AvgIpc) is 2.52. The third-order valence-electron chi connectivity index (χ3n) is 3.69. The van der Waals surface area contributed by atoms with Crippen LogP contribution in [0.2, 0.25) is 0 Å². The Morgan fingerprint density at radius 1 is 1.45 bits per heavy atom. The fourth-order valence-corrected chi connectivity index (χ4v) is 2.16. The normalized spacial score (nSPS) is 19.5. The Hall–Kier alpha value is -1.63. The first-order valence-electron chi connectivity index (χ1n) is 7.95. The van der Waals surface area contributed by atoms with E-state index < -0.39 is 12.0 Å². The lowest BCUT2D eigenvalue weighted by Gasteiger charge is -2.34. The van der Waals surface area contributed by atoms with Crippen molar-refractivity contribution in [1.29, 1.82) is 0 Å². The van der Waals surface area contributed by atoms with Crippen molar-refractivity contribution in [3.8, 4) is 0 Å². The molecule has 0 spiro atoms. The fourth-order valence-electron chi connectivity index (χ4n) is 2.16. The van der Waals surface area contributed by atoms with E-state index in [0.717, 1.165) is 12.8 Å². The second kappa shape index (κ2) is 9.40. The van der Waals surface area contributed by atoms with Crippen LogP contribution in [0.3, 0.4) is 0 Å². The van der Waals surface area contributed by atoms with E-state index in [4.69, 9.17) is 4.74 Å². The van der Waals surface area contributed by atoms with Crippen molar-refractivity contribution >= 4 is 17.8 Å². The molecule has 22 heavy (non-hydrogen) atoms. The Bertz CT molecular complexity index is 400. The smallest absolute Gasteiger partial charge is 0.308 e. The maximum atomic E-state index is 12.3. The van der Waals surface area contributed by atoms with Crippen LogP contribution in [-0.4, -0.2) is 61.0 Å². The van der Waals surface area contributed by atoms with Crippen molar-refractivity contribution in [1.82, 2.24) is 15.5 Å². The molecule has 0 aromatic rings. The molecular weight excluding hydrogens is 286 g/mol. The van der Waals surface area contributed by atoms with Crippen LogP contribution in [0.5, 0.6) is 0 Å². The van der Waals surface area contributed by atoms with Crippen molar-refractivity contribution in [3.05, 3.63) is 0 Å². The quantitative estimate of drug-likeness (QED) is 0.618. The molecule has 7 heteroatoms. The molecule has 0 aliphatic carbocycles. The summed E-state index contributed by atoms with van der Waals surface area (Å²) in [4.78, 5) is 37.5. The van der Waals surface area contributed by atoms with Crippen LogP contribution in [-0.2, 0) is 19.1 Å². The largest absolute Gasteiger partial charge is 0.466 e. The number of ether oxygens (including phenoxy) is 1. The Morgan fingerprint density at radius 3 is 2.82 bits per heavy atom. The highest BCUT2D eigenvalue weighted by molar-refractivity contribution is 5.92. The van der Waals surface area contributed by atoms with Crippen LogP contribution >= 0.6 is 0 Å². The number of nitrogens with one attached hydrogen (secondary N) is 2. The molecule has 2 N–H and O–H groups in total. The van der Waals surface area contributed by atoms with Gasteiger partial charge in [0.15, 0.2) is 0 Å². The van der Waals surface area contributed by atoms with Gasteiger partial charge in [0.25, 0.3) is 0 Å². The standard InChI is InChI=1S/C15H27N3O4/c1-4-8-22-14(20)9-12-15(21)16-6-7-18(12)13(19)10-17-11(3)5-2/h11-12,17H,4-10H2,1-3H3,(H,16,21). The average molecular weight is 313 g/mol. The minimum absolute atomic E-state index is 0.0963. The molecule has 0 saturated carbocycles. The highest BCUT2D eigenvalue weighted by atomic mass is 16.5. The summed E-state index contributed by atoms with van der Waals surface area (Å²) in [7, 11) is 0. The second-order valence-corrected chi connectivity index (χ2v) is 5.51. The van der Waals surface area contributed by atoms with Gasteiger partial charge in [-0.1, -0.05) is 13.8 Å². The predicted molar refractivity (Wildman–Crippen MR) is 82.1 cm³/mol. The minimum Gasteiger partial charge on any atom is -0.466 e. The number of carbonyl (C=O) groups is 3. The third kappa shape index (κ3) is 5.63. The first kappa shape index (κ1) is 18.4. The van der Waals surface area contributed by atoms with Crippen LogP contribution in [0.25, 0.3) is 0 Å². The molecule has 1 heterocycles. The number of piperazine rings is 1. The predicted octanol–water partition coefficient (Wildman–Crippen LogP) is 0.0448. The number of esters is 1. The summed E-state index contributed by atoms with van der Waals surface area (Å²) in [5.41, 5.74) is 0. The molecule has 2 unspecified atom stereocenters. The Kier molecular flexibility index (Phi) is 7.87. The molecule has 126 valence electrons. The lowest BCUT2D eigenvalue weighted by molar-refractivity contribution is -0.151. The highest BCUT2D eigenvalue weighted by Crippen LogP contribution is 2.10. The Balaban J connectivity index is 2.62. The van der Waals surface area contributed by atoms with E-state index >= 15 is 0 Å². The van der Waals surface area contributed by atoms with Gasteiger partial charge in [-0.25, -0.2) is 0 Å². The minimum atomic E-state index is -0.774. The van der Waals surface area contributed by atoms with E-state index in [1.54, 1.807) is 0 Å².